The number of aryl methyl sites for hydroxylation is 2. The van der Waals surface area contributed by atoms with Gasteiger partial charge in [0.25, 0.3) is 5.91 Å². The van der Waals surface area contributed by atoms with E-state index < -0.39 is 0 Å². The van der Waals surface area contributed by atoms with E-state index in [0.717, 1.165) is 16.0 Å². The topological polar surface area (TPSA) is 58.2 Å². The fraction of sp³-hybridized carbons (Fsp3) is 0.167. The summed E-state index contributed by atoms with van der Waals surface area (Å²) in [6, 6.07) is 20.4. The smallest absolute Gasteiger partial charge is 0.255 e. The zero-order chi connectivity index (χ0) is 21.7. The summed E-state index contributed by atoms with van der Waals surface area (Å²) in [5.74, 6) is -0.250. The maximum absolute atomic E-state index is 12.5. The van der Waals surface area contributed by atoms with Crippen LogP contribution in [0.5, 0.6) is 0 Å². The van der Waals surface area contributed by atoms with Crippen LogP contribution < -0.4 is 10.6 Å². The third-order valence-corrected chi connectivity index (χ3v) is 6.03. The zero-order valence-corrected chi connectivity index (χ0v) is 18.6. The van der Waals surface area contributed by atoms with E-state index in [1.807, 2.05) is 75.4 Å². The molecular weight excluding hydrogens is 416 g/mol. The van der Waals surface area contributed by atoms with E-state index in [4.69, 9.17) is 11.6 Å². The maximum atomic E-state index is 12.5. The number of nitrogens with one attached hydrogen (secondary N) is 2. The van der Waals surface area contributed by atoms with Gasteiger partial charge < -0.3 is 10.6 Å². The Balaban J connectivity index is 1.57. The molecule has 2 N–H and O–H groups in total. The van der Waals surface area contributed by atoms with E-state index in [1.165, 1.54) is 11.8 Å². The quantitative estimate of drug-likeness (QED) is 0.442. The third-order valence-electron chi connectivity index (χ3n) is 4.51. The van der Waals surface area contributed by atoms with Crippen molar-refractivity contribution in [3.63, 3.8) is 0 Å². The molecule has 0 heterocycles. The standard InChI is InChI=1S/C24H23ClN2O2S/c1-15-5-4-6-18(13-15)24(29)26-19-9-11-21(12-10-19)30-17(3)23(28)27-20-8-7-16(2)22(25)14-20/h4-14,17H,1-3H3,(H,26,29)(H,27,28). The average Bonchev–Trinajstić information content (AvgIpc) is 2.72. The fourth-order valence-corrected chi connectivity index (χ4v) is 3.83. The normalized spacial score (nSPS) is 11.6. The minimum atomic E-state index is -0.294. The highest BCUT2D eigenvalue weighted by Crippen LogP contribution is 2.27. The number of carbonyl (C=O) groups is 2. The molecule has 154 valence electrons. The van der Waals surface area contributed by atoms with Crippen LogP contribution in [0.2, 0.25) is 5.02 Å². The van der Waals surface area contributed by atoms with Gasteiger partial charge in [0, 0.05) is 26.9 Å². The number of rotatable bonds is 6. The molecule has 0 aromatic heterocycles. The van der Waals surface area contributed by atoms with Crippen molar-refractivity contribution in [2.24, 2.45) is 0 Å². The van der Waals surface area contributed by atoms with Gasteiger partial charge in [-0.25, -0.2) is 0 Å². The Morgan fingerprint density at radius 1 is 0.900 bits per heavy atom. The lowest BCUT2D eigenvalue weighted by Gasteiger charge is -2.13. The molecule has 0 saturated heterocycles. The van der Waals surface area contributed by atoms with E-state index in [2.05, 4.69) is 10.6 Å². The van der Waals surface area contributed by atoms with Crippen LogP contribution in [-0.4, -0.2) is 17.1 Å². The zero-order valence-electron chi connectivity index (χ0n) is 17.0. The molecule has 3 aromatic carbocycles. The number of halogens is 1. The van der Waals surface area contributed by atoms with Gasteiger partial charge in [-0.05, 0) is 74.9 Å². The van der Waals surface area contributed by atoms with E-state index in [1.54, 1.807) is 12.1 Å². The van der Waals surface area contributed by atoms with Crippen LogP contribution in [0.25, 0.3) is 0 Å². The first-order chi connectivity index (χ1) is 14.3. The van der Waals surface area contributed by atoms with Crippen molar-refractivity contribution in [3.8, 4) is 0 Å². The molecule has 0 aliphatic carbocycles. The molecule has 30 heavy (non-hydrogen) atoms. The van der Waals surface area contributed by atoms with E-state index in [-0.39, 0.29) is 17.1 Å². The molecule has 3 aromatic rings. The molecule has 0 fully saturated rings. The van der Waals surface area contributed by atoms with Crippen molar-refractivity contribution in [2.75, 3.05) is 10.6 Å². The molecule has 3 rings (SSSR count). The molecule has 1 unspecified atom stereocenters. The molecule has 1 atom stereocenters. The Bertz CT molecular complexity index is 1070. The fourth-order valence-electron chi connectivity index (χ4n) is 2.78. The number of anilines is 2. The van der Waals surface area contributed by atoms with Gasteiger partial charge in [0.2, 0.25) is 5.91 Å². The van der Waals surface area contributed by atoms with E-state index >= 15 is 0 Å². The minimum absolute atomic E-state index is 0.100. The van der Waals surface area contributed by atoms with Crippen molar-refractivity contribution in [3.05, 3.63) is 88.4 Å². The Morgan fingerprint density at radius 2 is 1.60 bits per heavy atom. The summed E-state index contributed by atoms with van der Waals surface area (Å²) < 4.78 is 0. The summed E-state index contributed by atoms with van der Waals surface area (Å²) in [5, 5.41) is 6.11. The van der Waals surface area contributed by atoms with Gasteiger partial charge >= 0.3 is 0 Å². The maximum Gasteiger partial charge on any atom is 0.255 e. The second kappa shape index (κ2) is 9.83. The van der Waals surface area contributed by atoms with Crippen LogP contribution >= 0.6 is 23.4 Å². The predicted octanol–water partition coefficient (Wildman–Crippen LogP) is 6.33. The number of carbonyl (C=O) groups excluding carboxylic acids is 2. The number of thioether (sulfide) groups is 1. The molecule has 0 aliphatic heterocycles. The molecule has 0 spiro atoms. The average molecular weight is 439 g/mol. The van der Waals surface area contributed by atoms with Gasteiger partial charge in [0.1, 0.15) is 0 Å². The largest absolute Gasteiger partial charge is 0.325 e. The lowest BCUT2D eigenvalue weighted by molar-refractivity contribution is -0.115. The van der Waals surface area contributed by atoms with Crippen LogP contribution in [0.3, 0.4) is 0 Å². The second-order valence-corrected chi connectivity index (χ2v) is 8.88. The number of hydrogen-bond donors (Lipinski definition) is 2. The number of hydrogen-bond acceptors (Lipinski definition) is 3. The summed E-state index contributed by atoms with van der Waals surface area (Å²) in [5.41, 5.74) is 4.01. The van der Waals surface area contributed by atoms with Crippen molar-refractivity contribution in [1.29, 1.82) is 0 Å². The molecule has 2 amide bonds. The Hall–Kier alpha value is -2.76. The van der Waals surface area contributed by atoms with Gasteiger partial charge in [0.15, 0.2) is 0 Å². The van der Waals surface area contributed by atoms with E-state index in [9.17, 15) is 9.59 Å². The predicted molar refractivity (Wildman–Crippen MR) is 126 cm³/mol. The highest BCUT2D eigenvalue weighted by atomic mass is 35.5. The van der Waals surface area contributed by atoms with Crippen LogP contribution in [0.1, 0.15) is 28.4 Å². The summed E-state index contributed by atoms with van der Waals surface area (Å²) in [6.45, 7) is 5.72. The van der Waals surface area contributed by atoms with Crippen LogP contribution in [-0.2, 0) is 4.79 Å². The second-order valence-electron chi connectivity index (χ2n) is 7.06. The van der Waals surface area contributed by atoms with Crippen LogP contribution in [0.15, 0.2) is 71.6 Å². The molecule has 0 radical (unpaired) electrons. The summed E-state index contributed by atoms with van der Waals surface area (Å²) in [7, 11) is 0. The van der Waals surface area contributed by atoms with E-state index in [0.29, 0.717) is 22.0 Å². The number of amides is 2. The van der Waals surface area contributed by atoms with Crippen molar-refractivity contribution >= 4 is 46.6 Å². The lowest BCUT2D eigenvalue weighted by Crippen LogP contribution is -2.22. The SMILES string of the molecule is Cc1cccc(C(=O)Nc2ccc(SC(C)C(=O)Nc3ccc(C)c(Cl)c3)cc2)c1. The lowest BCUT2D eigenvalue weighted by atomic mass is 10.1. The summed E-state index contributed by atoms with van der Waals surface area (Å²) >= 11 is 7.56. The molecule has 0 aliphatic rings. The summed E-state index contributed by atoms with van der Waals surface area (Å²) in [4.78, 5) is 25.8. The number of benzene rings is 3. The first-order valence-corrected chi connectivity index (χ1v) is 10.8. The van der Waals surface area contributed by atoms with Gasteiger partial charge in [-0.3, -0.25) is 9.59 Å². The highest BCUT2D eigenvalue weighted by molar-refractivity contribution is 8.00. The van der Waals surface area contributed by atoms with Gasteiger partial charge in [-0.1, -0.05) is 35.4 Å². The Labute approximate surface area is 186 Å². The van der Waals surface area contributed by atoms with Gasteiger partial charge in [0.05, 0.1) is 5.25 Å². The Kier molecular flexibility index (Phi) is 7.19. The molecule has 0 bridgehead atoms. The first kappa shape index (κ1) is 21.9. The van der Waals surface area contributed by atoms with Crippen LogP contribution in [0, 0.1) is 13.8 Å². The molecular formula is C24H23ClN2O2S. The van der Waals surface area contributed by atoms with Crippen LogP contribution in [0.4, 0.5) is 11.4 Å². The Morgan fingerprint density at radius 3 is 2.27 bits per heavy atom. The van der Waals surface area contributed by atoms with Gasteiger partial charge in [-0.15, -0.1) is 11.8 Å². The van der Waals surface area contributed by atoms with Gasteiger partial charge in [-0.2, -0.15) is 0 Å². The van der Waals surface area contributed by atoms with Crippen molar-refractivity contribution in [1.82, 2.24) is 0 Å². The molecule has 0 saturated carbocycles. The van der Waals surface area contributed by atoms with Crippen molar-refractivity contribution < 1.29 is 9.59 Å². The first-order valence-electron chi connectivity index (χ1n) is 9.53. The third kappa shape index (κ3) is 5.88. The molecule has 4 nitrogen and oxygen atoms in total. The monoisotopic (exact) mass is 438 g/mol. The minimum Gasteiger partial charge on any atom is -0.325 e. The molecule has 6 heteroatoms. The van der Waals surface area contributed by atoms with Crippen molar-refractivity contribution in [2.45, 2.75) is 30.9 Å². The highest BCUT2D eigenvalue weighted by Gasteiger charge is 2.15. The summed E-state index contributed by atoms with van der Waals surface area (Å²) in [6.07, 6.45) is 0.